The van der Waals surface area contributed by atoms with Crippen molar-refractivity contribution in [2.75, 3.05) is 13.2 Å². The van der Waals surface area contributed by atoms with Gasteiger partial charge in [0.1, 0.15) is 30.0 Å². The van der Waals surface area contributed by atoms with Crippen LogP contribution in [0, 0.1) is 0 Å². The van der Waals surface area contributed by atoms with Gasteiger partial charge in [0.2, 0.25) is 0 Å². The van der Waals surface area contributed by atoms with Gasteiger partial charge in [0.25, 0.3) is 0 Å². The molecule has 0 aliphatic carbocycles. The molecular weight excluding hydrogens is 306 g/mol. The number of hydrogen-bond acceptors (Lipinski definition) is 5. The Labute approximate surface area is 142 Å². The molecule has 2 aromatic carbocycles. The van der Waals surface area contributed by atoms with Crippen LogP contribution in [0.3, 0.4) is 0 Å². The van der Waals surface area contributed by atoms with Gasteiger partial charge in [-0.2, -0.15) is 0 Å². The third kappa shape index (κ3) is 6.10. The molecule has 2 aromatic rings. The SMILES string of the molecule is CC(C)(Cc1ccc(O)cc1)NCC(O)COc1ccc(O)cc1. The molecule has 0 aromatic heterocycles. The lowest BCUT2D eigenvalue weighted by atomic mass is 9.94. The molecule has 130 valence electrons. The van der Waals surface area contributed by atoms with Gasteiger partial charge in [0, 0.05) is 12.1 Å². The number of benzene rings is 2. The van der Waals surface area contributed by atoms with Crippen LogP contribution in [0.25, 0.3) is 0 Å². The Morgan fingerprint density at radius 2 is 1.50 bits per heavy atom. The second kappa shape index (κ2) is 8.04. The van der Waals surface area contributed by atoms with E-state index in [-0.39, 0.29) is 23.6 Å². The maximum Gasteiger partial charge on any atom is 0.119 e. The minimum Gasteiger partial charge on any atom is -0.508 e. The summed E-state index contributed by atoms with van der Waals surface area (Å²) in [6.45, 7) is 4.71. The number of aromatic hydroxyl groups is 2. The Morgan fingerprint density at radius 1 is 0.958 bits per heavy atom. The maximum absolute atomic E-state index is 10.1. The standard InChI is InChI=1S/C19H25NO4/c1-19(2,11-14-3-5-15(21)6-4-14)20-12-17(23)13-24-18-9-7-16(22)8-10-18/h3-10,17,20-23H,11-13H2,1-2H3. The average molecular weight is 331 g/mol. The van der Waals surface area contributed by atoms with E-state index in [1.54, 1.807) is 36.4 Å². The zero-order valence-corrected chi connectivity index (χ0v) is 14.1. The Bertz CT molecular complexity index is 623. The van der Waals surface area contributed by atoms with Crippen LogP contribution in [-0.2, 0) is 6.42 Å². The fraction of sp³-hybridized carbons (Fsp3) is 0.368. The summed E-state index contributed by atoms with van der Waals surface area (Å²) in [7, 11) is 0. The van der Waals surface area contributed by atoms with Gasteiger partial charge in [0.15, 0.2) is 0 Å². The summed E-state index contributed by atoms with van der Waals surface area (Å²) < 4.78 is 5.49. The Morgan fingerprint density at radius 3 is 2.08 bits per heavy atom. The summed E-state index contributed by atoms with van der Waals surface area (Å²) in [5.41, 5.74) is 0.913. The molecule has 0 aliphatic heterocycles. The highest BCUT2D eigenvalue weighted by molar-refractivity contribution is 5.30. The molecule has 1 atom stereocenters. The number of phenols is 2. The summed E-state index contributed by atoms with van der Waals surface area (Å²) in [6, 6.07) is 13.5. The van der Waals surface area contributed by atoms with Crippen LogP contribution in [0.1, 0.15) is 19.4 Å². The number of hydrogen-bond donors (Lipinski definition) is 4. The predicted molar refractivity (Wildman–Crippen MR) is 93.5 cm³/mol. The van der Waals surface area contributed by atoms with E-state index in [1.807, 2.05) is 12.1 Å². The molecule has 24 heavy (non-hydrogen) atoms. The first-order chi connectivity index (χ1) is 11.3. The first-order valence-corrected chi connectivity index (χ1v) is 7.97. The van der Waals surface area contributed by atoms with Crippen LogP contribution in [0.5, 0.6) is 17.2 Å². The van der Waals surface area contributed by atoms with Crippen LogP contribution in [0.4, 0.5) is 0 Å². The van der Waals surface area contributed by atoms with Crippen LogP contribution >= 0.6 is 0 Å². The Hall–Kier alpha value is -2.24. The number of aliphatic hydroxyl groups excluding tert-OH is 1. The van der Waals surface area contributed by atoms with Crippen molar-refractivity contribution < 1.29 is 20.1 Å². The monoisotopic (exact) mass is 331 g/mol. The highest BCUT2D eigenvalue weighted by Crippen LogP contribution is 2.17. The Kier molecular flexibility index (Phi) is 6.06. The molecule has 0 saturated carbocycles. The van der Waals surface area contributed by atoms with Crippen LogP contribution in [-0.4, -0.2) is 40.1 Å². The van der Waals surface area contributed by atoms with E-state index in [4.69, 9.17) is 4.74 Å². The van der Waals surface area contributed by atoms with Gasteiger partial charge in [-0.25, -0.2) is 0 Å². The fourth-order valence-electron chi connectivity index (χ4n) is 2.37. The van der Waals surface area contributed by atoms with Crippen molar-refractivity contribution in [1.29, 1.82) is 0 Å². The minimum atomic E-state index is -0.641. The summed E-state index contributed by atoms with van der Waals surface area (Å²) in [5.74, 6) is 1.04. The smallest absolute Gasteiger partial charge is 0.119 e. The second-order valence-corrected chi connectivity index (χ2v) is 6.57. The minimum absolute atomic E-state index is 0.174. The van der Waals surface area contributed by atoms with Crippen molar-refractivity contribution in [3.8, 4) is 17.2 Å². The quantitative estimate of drug-likeness (QED) is 0.597. The second-order valence-electron chi connectivity index (χ2n) is 6.57. The molecule has 4 N–H and O–H groups in total. The lowest BCUT2D eigenvalue weighted by Crippen LogP contribution is -2.46. The highest BCUT2D eigenvalue weighted by atomic mass is 16.5. The fourth-order valence-corrected chi connectivity index (χ4v) is 2.37. The Balaban J connectivity index is 1.75. The van der Waals surface area contributed by atoms with Gasteiger partial charge < -0.3 is 25.4 Å². The molecule has 0 spiro atoms. The number of aliphatic hydroxyl groups is 1. The van der Waals surface area contributed by atoms with E-state index >= 15 is 0 Å². The number of ether oxygens (including phenoxy) is 1. The third-order valence-electron chi connectivity index (χ3n) is 3.68. The number of β-amino-alcohol motifs (C(OH)–C–C–N with tert-alkyl or cyclic N) is 1. The van der Waals surface area contributed by atoms with E-state index in [0.29, 0.717) is 12.3 Å². The molecule has 2 rings (SSSR count). The van der Waals surface area contributed by atoms with Gasteiger partial charge in [-0.3, -0.25) is 0 Å². The normalized spacial score (nSPS) is 12.8. The average Bonchev–Trinajstić information content (AvgIpc) is 2.54. The molecule has 0 amide bonds. The molecule has 0 fully saturated rings. The molecule has 1 unspecified atom stereocenters. The molecule has 0 heterocycles. The summed E-state index contributed by atoms with van der Waals surface area (Å²) in [5, 5.41) is 31.9. The highest BCUT2D eigenvalue weighted by Gasteiger charge is 2.19. The molecule has 0 radical (unpaired) electrons. The summed E-state index contributed by atoms with van der Waals surface area (Å²) in [6.07, 6.45) is 0.136. The number of rotatable bonds is 8. The van der Waals surface area contributed by atoms with Crippen molar-refractivity contribution in [3.63, 3.8) is 0 Å². The van der Waals surface area contributed by atoms with Gasteiger partial charge in [-0.05, 0) is 62.2 Å². The molecular formula is C19H25NO4. The first-order valence-electron chi connectivity index (χ1n) is 7.97. The van der Waals surface area contributed by atoms with E-state index in [1.165, 1.54) is 0 Å². The molecule has 0 bridgehead atoms. The molecule has 0 saturated heterocycles. The van der Waals surface area contributed by atoms with E-state index < -0.39 is 6.10 Å². The largest absolute Gasteiger partial charge is 0.508 e. The number of nitrogens with one attached hydrogen (secondary N) is 1. The van der Waals surface area contributed by atoms with Gasteiger partial charge in [-0.1, -0.05) is 12.1 Å². The van der Waals surface area contributed by atoms with Crippen LogP contribution in [0.2, 0.25) is 0 Å². The predicted octanol–water partition coefficient (Wildman–Crippen LogP) is 2.45. The van der Waals surface area contributed by atoms with Gasteiger partial charge in [-0.15, -0.1) is 0 Å². The maximum atomic E-state index is 10.1. The zero-order chi connectivity index (χ0) is 17.6. The third-order valence-corrected chi connectivity index (χ3v) is 3.68. The molecule has 0 aliphatic rings. The van der Waals surface area contributed by atoms with Crippen LogP contribution in [0.15, 0.2) is 48.5 Å². The summed E-state index contributed by atoms with van der Waals surface area (Å²) >= 11 is 0. The van der Waals surface area contributed by atoms with E-state index in [0.717, 1.165) is 12.0 Å². The first kappa shape index (κ1) is 18.1. The van der Waals surface area contributed by atoms with Crippen LogP contribution < -0.4 is 10.1 Å². The zero-order valence-electron chi connectivity index (χ0n) is 14.1. The molecule has 5 heteroatoms. The van der Waals surface area contributed by atoms with Crippen molar-refractivity contribution in [2.45, 2.75) is 31.9 Å². The topological polar surface area (TPSA) is 82.0 Å². The van der Waals surface area contributed by atoms with E-state index in [9.17, 15) is 15.3 Å². The summed E-state index contributed by atoms with van der Waals surface area (Å²) in [4.78, 5) is 0. The van der Waals surface area contributed by atoms with Crippen molar-refractivity contribution >= 4 is 0 Å². The van der Waals surface area contributed by atoms with E-state index in [2.05, 4.69) is 19.2 Å². The van der Waals surface area contributed by atoms with Crippen molar-refractivity contribution in [1.82, 2.24) is 5.32 Å². The molecule has 5 nitrogen and oxygen atoms in total. The van der Waals surface area contributed by atoms with Gasteiger partial charge >= 0.3 is 0 Å². The lowest BCUT2D eigenvalue weighted by molar-refractivity contribution is 0.0988. The van der Waals surface area contributed by atoms with Crippen molar-refractivity contribution in [3.05, 3.63) is 54.1 Å². The lowest BCUT2D eigenvalue weighted by Gasteiger charge is -2.28. The van der Waals surface area contributed by atoms with Gasteiger partial charge in [0.05, 0.1) is 0 Å². The van der Waals surface area contributed by atoms with Crippen molar-refractivity contribution in [2.24, 2.45) is 0 Å². The number of phenolic OH excluding ortho intramolecular Hbond substituents is 2.